The summed E-state index contributed by atoms with van der Waals surface area (Å²) in [4.78, 5) is 18.0. The first-order valence-electron chi connectivity index (χ1n) is 12.2. The van der Waals surface area contributed by atoms with Crippen LogP contribution in [-0.4, -0.2) is 62.3 Å². The van der Waals surface area contributed by atoms with Gasteiger partial charge in [0.1, 0.15) is 0 Å². The molecule has 5 rings (SSSR count). The Labute approximate surface area is 196 Å². The van der Waals surface area contributed by atoms with Crippen molar-refractivity contribution in [1.82, 2.24) is 15.1 Å². The second kappa shape index (κ2) is 9.64. The summed E-state index contributed by atoms with van der Waals surface area (Å²) in [5, 5.41) is 3.20. The maximum absolute atomic E-state index is 13.2. The lowest BCUT2D eigenvalue weighted by Gasteiger charge is -2.52. The fraction of sp³-hybridized carbons (Fsp3) is 0.519. The van der Waals surface area contributed by atoms with Gasteiger partial charge in [-0.3, -0.25) is 4.90 Å². The molecule has 0 aliphatic carbocycles. The lowest BCUT2D eigenvalue weighted by Crippen LogP contribution is -2.59. The van der Waals surface area contributed by atoms with Gasteiger partial charge in [-0.05, 0) is 66.8 Å². The van der Waals surface area contributed by atoms with Gasteiger partial charge in [0.25, 0.3) is 0 Å². The van der Waals surface area contributed by atoms with E-state index in [4.69, 9.17) is 9.47 Å². The van der Waals surface area contributed by atoms with Gasteiger partial charge in [0.2, 0.25) is 0 Å². The number of nitrogens with one attached hydrogen (secondary N) is 1. The van der Waals surface area contributed by atoms with Crippen LogP contribution in [0.4, 0.5) is 4.79 Å². The van der Waals surface area contributed by atoms with Crippen LogP contribution in [0.15, 0.2) is 42.5 Å². The number of amides is 2. The molecule has 0 radical (unpaired) electrons. The van der Waals surface area contributed by atoms with Crippen molar-refractivity contribution in [2.45, 2.75) is 44.2 Å². The van der Waals surface area contributed by atoms with Crippen molar-refractivity contribution in [3.63, 3.8) is 0 Å². The van der Waals surface area contributed by atoms with Crippen molar-refractivity contribution in [2.75, 3.05) is 40.4 Å². The van der Waals surface area contributed by atoms with Crippen LogP contribution >= 0.6 is 0 Å². The van der Waals surface area contributed by atoms with Crippen LogP contribution in [-0.2, 0) is 12.8 Å². The smallest absolute Gasteiger partial charge is 0.317 e. The molecule has 2 saturated heterocycles. The van der Waals surface area contributed by atoms with E-state index in [2.05, 4.69) is 39.4 Å². The van der Waals surface area contributed by atoms with E-state index in [1.54, 1.807) is 14.2 Å². The normalized spacial score (nSPS) is 24.3. The molecule has 3 atom stereocenters. The van der Waals surface area contributed by atoms with Gasteiger partial charge in [0, 0.05) is 38.3 Å². The quantitative estimate of drug-likeness (QED) is 0.749. The molecule has 2 aromatic rings. The molecule has 1 N–H and O–H groups in total. The molecule has 176 valence electrons. The summed E-state index contributed by atoms with van der Waals surface area (Å²) in [6.45, 7) is 3.66. The Balaban J connectivity index is 1.31. The minimum Gasteiger partial charge on any atom is -0.493 e. The van der Waals surface area contributed by atoms with Crippen LogP contribution in [0.25, 0.3) is 0 Å². The van der Waals surface area contributed by atoms with Crippen LogP contribution in [0, 0.1) is 5.92 Å². The largest absolute Gasteiger partial charge is 0.493 e. The lowest BCUT2D eigenvalue weighted by atomic mass is 9.76. The average molecular weight is 450 g/mol. The Morgan fingerprint density at radius 2 is 1.88 bits per heavy atom. The molecule has 0 bridgehead atoms. The van der Waals surface area contributed by atoms with Crippen molar-refractivity contribution in [1.29, 1.82) is 0 Å². The van der Waals surface area contributed by atoms with Crippen LogP contribution in [0.3, 0.4) is 0 Å². The van der Waals surface area contributed by atoms with Gasteiger partial charge in [-0.1, -0.05) is 30.3 Å². The van der Waals surface area contributed by atoms with Crippen molar-refractivity contribution in [3.8, 4) is 11.5 Å². The summed E-state index contributed by atoms with van der Waals surface area (Å²) >= 11 is 0. The number of carbonyl (C=O) groups is 1. The molecule has 2 fully saturated rings. The second-order valence-corrected chi connectivity index (χ2v) is 9.53. The summed E-state index contributed by atoms with van der Waals surface area (Å²) < 4.78 is 11.2. The Morgan fingerprint density at radius 3 is 2.67 bits per heavy atom. The van der Waals surface area contributed by atoms with Gasteiger partial charge >= 0.3 is 6.03 Å². The standard InChI is InChI=1S/C27H35N3O3/c1-32-25-15-20-11-14-29-18-21-9-6-13-30(23(21)17-24(29)22(20)16-26(25)33-2)27(31)28-12-10-19-7-4-3-5-8-19/h3-5,7-8,15-16,21,23-24H,6,9-14,17-18H2,1-2H3,(H,28,31)/t21-,23+,24+/m1/s1. The number of benzene rings is 2. The fourth-order valence-electron chi connectivity index (χ4n) is 6.09. The van der Waals surface area contributed by atoms with E-state index in [-0.39, 0.29) is 12.1 Å². The molecule has 3 aliphatic heterocycles. The minimum atomic E-state index is 0.0948. The number of rotatable bonds is 5. The monoisotopic (exact) mass is 449 g/mol. The summed E-state index contributed by atoms with van der Waals surface area (Å²) in [5.41, 5.74) is 3.94. The van der Waals surface area contributed by atoms with Gasteiger partial charge in [0.05, 0.1) is 14.2 Å². The van der Waals surface area contributed by atoms with E-state index in [0.29, 0.717) is 18.5 Å². The molecule has 3 aliphatic rings. The highest BCUT2D eigenvalue weighted by molar-refractivity contribution is 5.74. The Bertz CT molecular complexity index is 980. The third kappa shape index (κ3) is 4.41. The Morgan fingerprint density at radius 1 is 1.09 bits per heavy atom. The van der Waals surface area contributed by atoms with Crippen molar-refractivity contribution in [2.24, 2.45) is 5.92 Å². The van der Waals surface area contributed by atoms with E-state index in [9.17, 15) is 4.79 Å². The van der Waals surface area contributed by atoms with E-state index in [1.165, 1.54) is 23.1 Å². The molecule has 33 heavy (non-hydrogen) atoms. The third-order valence-corrected chi connectivity index (χ3v) is 7.76. The summed E-state index contributed by atoms with van der Waals surface area (Å²) in [6, 6.07) is 15.4. The number of urea groups is 1. The number of hydrogen-bond donors (Lipinski definition) is 1. The maximum atomic E-state index is 13.2. The summed E-state index contributed by atoms with van der Waals surface area (Å²) in [7, 11) is 3.39. The van der Waals surface area contributed by atoms with E-state index in [1.807, 2.05) is 18.2 Å². The summed E-state index contributed by atoms with van der Waals surface area (Å²) in [6.07, 6.45) is 5.18. The number of ether oxygens (including phenoxy) is 2. The van der Waals surface area contributed by atoms with Gasteiger partial charge in [-0.25, -0.2) is 4.79 Å². The number of methoxy groups -OCH3 is 2. The first-order chi connectivity index (χ1) is 16.2. The number of piperidine rings is 2. The minimum absolute atomic E-state index is 0.0948. The van der Waals surface area contributed by atoms with Crippen molar-refractivity contribution in [3.05, 3.63) is 59.2 Å². The summed E-state index contributed by atoms with van der Waals surface area (Å²) in [5.74, 6) is 2.14. The highest BCUT2D eigenvalue weighted by atomic mass is 16.5. The number of carbonyl (C=O) groups excluding carboxylic acids is 1. The van der Waals surface area contributed by atoms with E-state index in [0.717, 1.165) is 56.8 Å². The topological polar surface area (TPSA) is 54.0 Å². The maximum Gasteiger partial charge on any atom is 0.317 e. The molecule has 2 amide bonds. The first kappa shape index (κ1) is 22.1. The SMILES string of the molecule is COc1cc2c(cc1OC)[C@@H]1C[C@H]3[C@H](CCCN3C(=O)NCCc3ccccc3)CN1CC2. The zero-order chi connectivity index (χ0) is 22.8. The predicted molar refractivity (Wildman–Crippen MR) is 129 cm³/mol. The van der Waals surface area contributed by atoms with Gasteiger partial charge in [-0.15, -0.1) is 0 Å². The molecule has 6 heteroatoms. The lowest BCUT2D eigenvalue weighted by molar-refractivity contribution is 0.00568. The highest BCUT2D eigenvalue weighted by Gasteiger charge is 2.44. The first-order valence-corrected chi connectivity index (χ1v) is 12.2. The van der Waals surface area contributed by atoms with Gasteiger partial charge in [0.15, 0.2) is 11.5 Å². The molecular formula is C27H35N3O3. The van der Waals surface area contributed by atoms with Crippen LogP contribution in [0.2, 0.25) is 0 Å². The third-order valence-electron chi connectivity index (χ3n) is 7.76. The van der Waals surface area contributed by atoms with Crippen molar-refractivity contribution >= 4 is 6.03 Å². The molecule has 6 nitrogen and oxygen atoms in total. The van der Waals surface area contributed by atoms with Crippen LogP contribution in [0.5, 0.6) is 11.5 Å². The van der Waals surface area contributed by atoms with Crippen LogP contribution < -0.4 is 14.8 Å². The number of likely N-dealkylation sites (tertiary alicyclic amines) is 1. The highest BCUT2D eigenvalue weighted by Crippen LogP contribution is 2.45. The van der Waals surface area contributed by atoms with Crippen LogP contribution in [0.1, 0.15) is 42.0 Å². The fourth-order valence-corrected chi connectivity index (χ4v) is 6.09. The van der Waals surface area contributed by atoms with Gasteiger partial charge < -0.3 is 19.7 Å². The molecule has 2 aromatic carbocycles. The molecule has 0 aromatic heterocycles. The van der Waals surface area contributed by atoms with E-state index < -0.39 is 0 Å². The zero-order valence-corrected chi connectivity index (χ0v) is 19.8. The van der Waals surface area contributed by atoms with Crippen molar-refractivity contribution < 1.29 is 14.3 Å². The molecular weight excluding hydrogens is 414 g/mol. The number of nitrogens with zero attached hydrogens (tertiary/aromatic N) is 2. The molecule has 0 spiro atoms. The molecule has 0 unspecified atom stereocenters. The Hall–Kier alpha value is -2.73. The average Bonchev–Trinajstić information content (AvgIpc) is 2.86. The molecule has 3 heterocycles. The second-order valence-electron chi connectivity index (χ2n) is 9.53. The number of hydrogen-bond acceptors (Lipinski definition) is 4. The zero-order valence-electron chi connectivity index (χ0n) is 19.8. The predicted octanol–water partition coefficient (Wildman–Crippen LogP) is 4.04. The Kier molecular flexibility index (Phi) is 6.45. The van der Waals surface area contributed by atoms with Gasteiger partial charge in [-0.2, -0.15) is 0 Å². The molecule has 0 saturated carbocycles. The number of fused-ring (bicyclic) bond motifs is 4. The van der Waals surface area contributed by atoms with E-state index >= 15 is 0 Å².